The molecule has 0 saturated carbocycles. The van der Waals surface area contributed by atoms with Gasteiger partial charge in [0.1, 0.15) is 11.6 Å². The van der Waals surface area contributed by atoms with E-state index in [1.165, 1.54) is 12.1 Å². The van der Waals surface area contributed by atoms with Crippen molar-refractivity contribution in [3.05, 3.63) is 66.1 Å². The van der Waals surface area contributed by atoms with Crippen molar-refractivity contribution >= 4 is 17.5 Å². The van der Waals surface area contributed by atoms with E-state index in [1.807, 2.05) is 18.2 Å². The minimum atomic E-state index is -0.282. The molecule has 0 aliphatic carbocycles. The molecule has 0 radical (unpaired) electrons. The summed E-state index contributed by atoms with van der Waals surface area (Å²) in [6.45, 7) is 0.528. The molecule has 0 saturated heterocycles. The molecule has 0 fully saturated rings. The molecule has 0 bridgehead atoms. The fourth-order valence-corrected chi connectivity index (χ4v) is 2.37. The topological polar surface area (TPSA) is 68.3 Å². The molecular weight excluding hydrogens is 335 g/mol. The van der Waals surface area contributed by atoms with Gasteiger partial charge in [-0.2, -0.15) is 4.98 Å². The highest BCUT2D eigenvalue weighted by Gasteiger charge is 2.05. The smallest absolute Gasteiger partial charge is 0.224 e. The summed E-state index contributed by atoms with van der Waals surface area (Å²) < 4.78 is 23.5. The van der Waals surface area contributed by atoms with Crippen molar-refractivity contribution in [3.63, 3.8) is 0 Å². The molecule has 3 aromatic rings. The summed E-state index contributed by atoms with van der Waals surface area (Å²) >= 11 is 0. The van der Waals surface area contributed by atoms with Crippen molar-refractivity contribution in [2.75, 3.05) is 24.9 Å². The molecule has 2 aromatic carbocycles. The van der Waals surface area contributed by atoms with Crippen LogP contribution < -0.4 is 20.1 Å². The first-order valence-corrected chi connectivity index (χ1v) is 7.98. The van der Waals surface area contributed by atoms with Crippen LogP contribution in [0, 0.1) is 5.82 Å². The number of hydrogen-bond donors (Lipinski definition) is 2. The zero-order chi connectivity index (χ0) is 18.4. The van der Waals surface area contributed by atoms with Gasteiger partial charge < -0.3 is 20.1 Å². The van der Waals surface area contributed by atoms with Gasteiger partial charge >= 0.3 is 0 Å². The summed E-state index contributed by atoms with van der Waals surface area (Å²) in [6.07, 6.45) is 1.65. The third-order valence-corrected chi connectivity index (χ3v) is 3.67. The molecule has 3 rings (SSSR count). The van der Waals surface area contributed by atoms with Crippen molar-refractivity contribution in [2.45, 2.75) is 6.54 Å². The number of aromatic nitrogens is 2. The normalized spacial score (nSPS) is 10.3. The lowest BCUT2D eigenvalue weighted by atomic mass is 10.2. The first kappa shape index (κ1) is 17.5. The van der Waals surface area contributed by atoms with Crippen LogP contribution in [0.4, 0.5) is 21.8 Å². The molecule has 7 heteroatoms. The van der Waals surface area contributed by atoms with Crippen molar-refractivity contribution in [3.8, 4) is 11.5 Å². The zero-order valence-corrected chi connectivity index (χ0v) is 14.5. The number of methoxy groups -OCH3 is 2. The van der Waals surface area contributed by atoms with E-state index in [-0.39, 0.29) is 5.82 Å². The molecule has 0 unspecified atom stereocenters. The van der Waals surface area contributed by atoms with Gasteiger partial charge in [-0.1, -0.05) is 6.07 Å². The SMILES string of the molecule is COc1ccc(CNc2nccc(Nc3ccc(F)cc3)n2)cc1OC. The van der Waals surface area contributed by atoms with E-state index < -0.39 is 0 Å². The third kappa shape index (κ3) is 4.38. The Morgan fingerprint density at radius 1 is 0.962 bits per heavy atom. The lowest BCUT2D eigenvalue weighted by molar-refractivity contribution is 0.354. The highest BCUT2D eigenvalue weighted by Crippen LogP contribution is 2.27. The molecule has 0 aliphatic rings. The van der Waals surface area contributed by atoms with Crippen LogP contribution in [-0.4, -0.2) is 24.2 Å². The zero-order valence-electron chi connectivity index (χ0n) is 14.5. The molecule has 134 valence electrons. The largest absolute Gasteiger partial charge is 0.493 e. The molecule has 26 heavy (non-hydrogen) atoms. The molecule has 0 spiro atoms. The maximum Gasteiger partial charge on any atom is 0.224 e. The van der Waals surface area contributed by atoms with Crippen LogP contribution in [0.2, 0.25) is 0 Å². The quantitative estimate of drug-likeness (QED) is 0.669. The van der Waals surface area contributed by atoms with Gasteiger partial charge in [0.2, 0.25) is 5.95 Å². The summed E-state index contributed by atoms with van der Waals surface area (Å²) in [5.74, 6) is 2.15. The maximum atomic E-state index is 13.0. The van der Waals surface area contributed by atoms with E-state index in [0.717, 1.165) is 11.3 Å². The molecule has 2 N–H and O–H groups in total. The Kier molecular flexibility index (Phi) is 5.48. The predicted molar refractivity (Wildman–Crippen MR) is 98.6 cm³/mol. The van der Waals surface area contributed by atoms with Gasteiger partial charge in [-0.15, -0.1) is 0 Å². The van der Waals surface area contributed by atoms with E-state index in [0.29, 0.717) is 29.8 Å². The Balaban J connectivity index is 1.66. The fourth-order valence-electron chi connectivity index (χ4n) is 2.37. The van der Waals surface area contributed by atoms with Crippen LogP contribution in [0.5, 0.6) is 11.5 Å². The summed E-state index contributed by atoms with van der Waals surface area (Å²) in [5.41, 5.74) is 1.75. The van der Waals surface area contributed by atoms with E-state index in [4.69, 9.17) is 9.47 Å². The first-order valence-electron chi connectivity index (χ1n) is 7.98. The summed E-state index contributed by atoms with van der Waals surface area (Å²) in [4.78, 5) is 8.61. The van der Waals surface area contributed by atoms with Gasteiger partial charge in [0.05, 0.1) is 14.2 Å². The number of anilines is 3. The Morgan fingerprint density at radius 2 is 1.73 bits per heavy atom. The number of hydrogen-bond acceptors (Lipinski definition) is 6. The van der Waals surface area contributed by atoms with Gasteiger partial charge in [0.15, 0.2) is 11.5 Å². The molecule has 0 amide bonds. The lowest BCUT2D eigenvalue weighted by Crippen LogP contribution is -2.05. The lowest BCUT2D eigenvalue weighted by Gasteiger charge is -2.11. The molecule has 1 aromatic heterocycles. The number of benzene rings is 2. The fraction of sp³-hybridized carbons (Fsp3) is 0.158. The Hall–Kier alpha value is -3.35. The number of halogens is 1. The third-order valence-electron chi connectivity index (χ3n) is 3.67. The van der Waals surface area contributed by atoms with Crippen molar-refractivity contribution in [1.82, 2.24) is 9.97 Å². The van der Waals surface area contributed by atoms with E-state index in [9.17, 15) is 4.39 Å². The number of rotatable bonds is 7. The summed E-state index contributed by atoms with van der Waals surface area (Å²) in [5, 5.41) is 6.28. The van der Waals surface area contributed by atoms with Gasteiger partial charge in [0, 0.05) is 18.4 Å². The van der Waals surface area contributed by atoms with Crippen LogP contribution in [-0.2, 0) is 6.54 Å². The molecule has 0 aliphatic heterocycles. The molecule has 0 atom stereocenters. The van der Waals surface area contributed by atoms with Crippen molar-refractivity contribution < 1.29 is 13.9 Å². The second kappa shape index (κ2) is 8.15. The Labute approximate surface area is 151 Å². The first-order chi connectivity index (χ1) is 12.7. The van der Waals surface area contributed by atoms with Gasteiger partial charge in [-0.05, 0) is 48.0 Å². The Morgan fingerprint density at radius 3 is 2.46 bits per heavy atom. The highest BCUT2D eigenvalue weighted by molar-refractivity contribution is 5.56. The average Bonchev–Trinajstić information content (AvgIpc) is 2.68. The standard InChI is InChI=1S/C19H19FN4O2/c1-25-16-8-3-13(11-17(16)26-2)12-22-19-21-10-9-18(24-19)23-15-6-4-14(20)5-7-15/h3-11H,12H2,1-2H3,(H2,21,22,23,24). The average molecular weight is 354 g/mol. The Bertz CT molecular complexity index is 872. The van der Waals surface area contributed by atoms with Gasteiger partial charge in [-0.25, -0.2) is 9.37 Å². The van der Waals surface area contributed by atoms with E-state index in [2.05, 4.69) is 20.6 Å². The van der Waals surface area contributed by atoms with Crippen LogP contribution >= 0.6 is 0 Å². The van der Waals surface area contributed by atoms with Gasteiger partial charge in [0.25, 0.3) is 0 Å². The number of nitrogens with zero attached hydrogens (tertiary/aromatic N) is 2. The van der Waals surface area contributed by atoms with E-state index in [1.54, 1.807) is 38.6 Å². The second-order valence-electron chi connectivity index (χ2n) is 5.44. The number of nitrogens with one attached hydrogen (secondary N) is 2. The maximum absolute atomic E-state index is 13.0. The van der Waals surface area contributed by atoms with Crippen molar-refractivity contribution in [2.24, 2.45) is 0 Å². The minimum absolute atomic E-state index is 0.282. The highest BCUT2D eigenvalue weighted by atomic mass is 19.1. The minimum Gasteiger partial charge on any atom is -0.493 e. The van der Waals surface area contributed by atoms with Crippen LogP contribution in [0.25, 0.3) is 0 Å². The summed E-state index contributed by atoms with van der Waals surface area (Å²) in [6, 6.07) is 13.5. The second-order valence-corrected chi connectivity index (χ2v) is 5.44. The molecule has 6 nitrogen and oxygen atoms in total. The van der Waals surface area contributed by atoms with Crippen LogP contribution in [0.1, 0.15) is 5.56 Å². The van der Waals surface area contributed by atoms with Gasteiger partial charge in [-0.3, -0.25) is 0 Å². The predicted octanol–water partition coefficient (Wildman–Crippen LogP) is 3.99. The monoisotopic (exact) mass is 354 g/mol. The van der Waals surface area contributed by atoms with Crippen molar-refractivity contribution in [1.29, 1.82) is 0 Å². The van der Waals surface area contributed by atoms with Crippen LogP contribution in [0.15, 0.2) is 54.7 Å². The molecular formula is C19H19FN4O2. The summed E-state index contributed by atoms with van der Waals surface area (Å²) in [7, 11) is 3.20. The number of ether oxygens (including phenoxy) is 2. The van der Waals surface area contributed by atoms with E-state index >= 15 is 0 Å². The molecule has 1 heterocycles. The van der Waals surface area contributed by atoms with Crippen LogP contribution in [0.3, 0.4) is 0 Å².